The van der Waals surface area contributed by atoms with Gasteiger partial charge in [-0.3, -0.25) is 14.8 Å². The van der Waals surface area contributed by atoms with Gasteiger partial charge in [-0.15, -0.1) is 0 Å². The summed E-state index contributed by atoms with van der Waals surface area (Å²) in [6, 6.07) is 9.07. The lowest BCUT2D eigenvalue weighted by atomic mass is 10.2. The first kappa shape index (κ1) is 14.4. The molecule has 0 aliphatic carbocycles. The van der Waals surface area contributed by atoms with E-state index in [0.717, 1.165) is 11.1 Å². The molecule has 0 bridgehead atoms. The molecular formula is C16H13ClN4O. The van der Waals surface area contributed by atoms with Crippen LogP contribution >= 0.6 is 11.6 Å². The summed E-state index contributed by atoms with van der Waals surface area (Å²) in [6.07, 6.45) is 4.83. The van der Waals surface area contributed by atoms with Gasteiger partial charge in [0.2, 0.25) is 0 Å². The lowest BCUT2D eigenvalue weighted by Gasteiger charge is -2.16. The van der Waals surface area contributed by atoms with Crippen molar-refractivity contribution in [1.29, 1.82) is 0 Å². The van der Waals surface area contributed by atoms with E-state index in [9.17, 15) is 4.79 Å². The lowest BCUT2D eigenvalue weighted by molar-refractivity contribution is 0.0778. The van der Waals surface area contributed by atoms with Gasteiger partial charge in [-0.05, 0) is 12.1 Å². The topological polar surface area (TPSA) is 59.0 Å². The van der Waals surface area contributed by atoms with Gasteiger partial charge in [-0.25, -0.2) is 4.98 Å². The number of hydrogen-bond acceptors (Lipinski definition) is 4. The lowest BCUT2D eigenvalue weighted by Crippen LogP contribution is -2.27. The van der Waals surface area contributed by atoms with Gasteiger partial charge >= 0.3 is 0 Å². The number of amides is 1. The molecule has 22 heavy (non-hydrogen) atoms. The number of fused-ring (bicyclic) bond motifs is 1. The van der Waals surface area contributed by atoms with Gasteiger partial charge < -0.3 is 4.90 Å². The second kappa shape index (κ2) is 6.07. The molecule has 0 unspecified atom stereocenters. The number of pyridine rings is 1. The minimum atomic E-state index is -0.188. The monoisotopic (exact) mass is 312 g/mol. The first-order valence-electron chi connectivity index (χ1n) is 6.71. The molecule has 1 aromatic carbocycles. The zero-order valence-electron chi connectivity index (χ0n) is 11.9. The molecule has 3 aromatic rings. The van der Waals surface area contributed by atoms with Crippen LogP contribution in [0.1, 0.15) is 16.2 Å². The second-order valence-corrected chi connectivity index (χ2v) is 5.27. The van der Waals surface area contributed by atoms with Crippen molar-refractivity contribution in [2.75, 3.05) is 7.05 Å². The van der Waals surface area contributed by atoms with Gasteiger partial charge in [0.1, 0.15) is 5.69 Å². The smallest absolute Gasteiger partial charge is 0.272 e. The van der Waals surface area contributed by atoms with E-state index in [1.165, 1.54) is 0 Å². The van der Waals surface area contributed by atoms with Crippen molar-refractivity contribution in [1.82, 2.24) is 19.9 Å². The Morgan fingerprint density at radius 3 is 2.86 bits per heavy atom. The molecule has 6 heteroatoms. The van der Waals surface area contributed by atoms with Crippen molar-refractivity contribution in [3.63, 3.8) is 0 Å². The summed E-state index contributed by atoms with van der Waals surface area (Å²) in [5.74, 6) is -0.188. The minimum Gasteiger partial charge on any atom is -0.334 e. The standard InChI is InChI=1S/C16H13ClN4O/c1-21(10-12-9-18-7-8-19-12)16(22)14-6-5-11-3-2-4-13(17)15(11)20-14/h2-9H,10H2,1H3. The molecule has 0 saturated carbocycles. The number of hydrogen-bond donors (Lipinski definition) is 0. The molecule has 0 spiro atoms. The molecular weight excluding hydrogens is 300 g/mol. The summed E-state index contributed by atoms with van der Waals surface area (Å²) >= 11 is 6.14. The number of para-hydroxylation sites is 1. The van der Waals surface area contributed by atoms with Gasteiger partial charge in [0.25, 0.3) is 5.91 Å². The second-order valence-electron chi connectivity index (χ2n) is 4.87. The van der Waals surface area contributed by atoms with Crippen LogP contribution in [0.3, 0.4) is 0 Å². The van der Waals surface area contributed by atoms with Gasteiger partial charge in [-0.2, -0.15) is 0 Å². The molecule has 0 radical (unpaired) electrons. The number of benzene rings is 1. The molecule has 3 rings (SSSR count). The molecule has 5 nitrogen and oxygen atoms in total. The highest BCUT2D eigenvalue weighted by atomic mass is 35.5. The predicted octanol–water partition coefficient (Wildman–Crippen LogP) is 2.95. The highest BCUT2D eigenvalue weighted by molar-refractivity contribution is 6.35. The van der Waals surface area contributed by atoms with Crippen molar-refractivity contribution in [2.45, 2.75) is 6.54 Å². The Morgan fingerprint density at radius 1 is 1.23 bits per heavy atom. The van der Waals surface area contributed by atoms with Crippen molar-refractivity contribution < 1.29 is 4.79 Å². The van der Waals surface area contributed by atoms with E-state index in [-0.39, 0.29) is 5.91 Å². The van der Waals surface area contributed by atoms with Crippen molar-refractivity contribution >= 4 is 28.4 Å². The Balaban J connectivity index is 1.87. The van der Waals surface area contributed by atoms with E-state index in [0.29, 0.717) is 22.8 Å². The van der Waals surface area contributed by atoms with Crippen molar-refractivity contribution in [3.05, 3.63) is 65.3 Å². The molecule has 110 valence electrons. The maximum atomic E-state index is 12.5. The summed E-state index contributed by atoms with van der Waals surface area (Å²) in [5.41, 5.74) is 1.70. The number of carbonyl (C=O) groups excluding carboxylic acids is 1. The molecule has 0 atom stereocenters. The van der Waals surface area contributed by atoms with E-state index in [1.54, 1.807) is 42.7 Å². The molecule has 0 saturated heterocycles. The third-order valence-corrected chi connectivity index (χ3v) is 3.56. The Hall–Kier alpha value is -2.53. The highest BCUT2D eigenvalue weighted by Crippen LogP contribution is 2.21. The van der Waals surface area contributed by atoms with E-state index in [1.807, 2.05) is 18.2 Å². The van der Waals surface area contributed by atoms with Gasteiger partial charge in [-0.1, -0.05) is 29.8 Å². The van der Waals surface area contributed by atoms with E-state index in [2.05, 4.69) is 15.0 Å². The molecule has 2 heterocycles. The van der Waals surface area contributed by atoms with Crippen LogP contribution in [0.2, 0.25) is 5.02 Å². The summed E-state index contributed by atoms with van der Waals surface area (Å²) in [6.45, 7) is 0.370. The average molecular weight is 313 g/mol. The van der Waals surface area contributed by atoms with Crippen LogP contribution in [0.4, 0.5) is 0 Å². The number of carbonyl (C=O) groups is 1. The molecule has 0 fully saturated rings. The Bertz CT molecular complexity index is 823. The van der Waals surface area contributed by atoms with Gasteiger partial charge in [0, 0.05) is 24.8 Å². The first-order valence-corrected chi connectivity index (χ1v) is 7.08. The Morgan fingerprint density at radius 2 is 2.09 bits per heavy atom. The highest BCUT2D eigenvalue weighted by Gasteiger charge is 2.15. The minimum absolute atomic E-state index is 0.188. The number of rotatable bonds is 3. The molecule has 1 amide bonds. The fourth-order valence-corrected chi connectivity index (χ4v) is 2.38. The number of nitrogens with zero attached hydrogens (tertiary/aromatic N) is 4. The third kappa shape index (κ3) is 2.89. The maximum Gasteiger partial charge on any atom is 0.272 e. The molecule has 0 aliphatic heterocycles. The van der Waals surface area contributed by atoms with Gasteiger partial charge in [0.15, 0.2) is 0 Å². The van der Waals surface area contributed by atoms with Crippen LogP contribution < -0.4 is 0 Å². The van der Waals surface area contributed by atoms with Crippen molar-refractivity contribution in [2.24, 2.45) is 0 Å². The SMILES string of the molecule is CN(Cc1cnccn1)C(=O)c1ccc2cccc(Cl)c2n1. The van der Waals surface area contributed by atoms with Crippen LogP contribution in [0.15, 0.2) is 48.9 Å². The van der Waals surface area contributed by atoms with Crippen LogP contribution in [-0.4, -0.2) is 32.8 Å². The Kier molecular flexibility index (Phi) is 3.98. The first-order chi connectivity index (χ1) is 10.6. The van der Waals surface area contributed by atoms with E-state index in [4.69, 9.17) is 11.6 Å². The molecule has 0 N–H and O–H groups in total. The quantitative estimate of drug-likeness (QED) is 0.746. The summed E-state index contributed by atoms with van der Waals surface area (Å²) in [4.78, 5) is 26.6. The fourth-order valence-electron chi connectivity index (χ4n) is 2.15. The third-order valence-electron chi connectivity index (χ3n) is 3.25. The molecule has 0 aliphatic rings. The normalized spacial score (nSPS) is 10.6. The van der Waals surface area contributed by atoms with E-state index < -0.39 is 0 Å². The van der Waals surface area contributed by atoms with Crippen LogP contribution in [0.5, 0.6) is 0 Å². The number of aromatic nitrogens is 3. The van der Waals surface area contributed by atoms with Crippen LogP contribution in [0, 0.1) is 0 Å². The largest absolute Gasteiger partial charge is 0.334 e. The predicted molar refractivity (Wildman–Crippen MR) is 84.6 cm³/mol. The average Bonchev–Trinajstić information content (AvgIpc) is 2.55. The molecule has 2 aromatic heterocycles. The number of halogens is 1. The Labute approximate surface area is 132 Å². The summed E-state index contributed by atoms with van der Waals surface area (Å²) in [7, 11) is 1.70. The zero-order chi connectivity index (χ0) is 15.5. The maximum absolute atomic E-state index is 12.5. The zero-order valence-corrected chi connectivity index (χ0v) is 12.7. The van der Waals surface area contributed by atoms with Gasteiger partial charge in [0.05, 0.1) is 29.0 Å². The summed E-state index contributed by atoms with van der Waals surface area (Å²) in [5, 5.41) is 1.43. The van der Waals surface area contributed by atoms with E-state index >= 15 is 0 Å². The van der Waals surface area contributed by atoms with Crippen LogP contribution in [-0.2, 0) is 6.54 Å². The summed E-state index contributed by atoms with van der Waals surface area (Å²) < 4.78 is 0. The fraction of sp³-hybridized carbons (Fsp3) is 0.125. The van der Waals surface area contributed by atoms with Crippen molar-refractivity contribution in [3.8, 4) is 0 Å². The van der Waals surface area contributed by atoms with Crippen LogP contribution in [0.25, 0.3) is 10.9 Å².